The lowest BCUT2D eigenvalue weighted by atomic mass is 10.1. The second kappa shape index (κ2) is 12.0. The van der Waals surface area contributed by atoms with E-state index in [9.17, 15) is 0 Å². The number of aryl methyl sites for hydroxylation is 1. The molecule has 31 heavy (non-hydrogen) atoms. The molecule has 0 saturated carbocycles. The number of thiocarbonyl (C=S) groups is 1. The highest BCUT2D eigenvalue weighted by Crippen LogP contribution is 2.14. The molecule has 5 nitrogen and oxygen atoms in total. The van der Waals surface area contributed by atoms with Gasteiger partial charge in [0.15, 0.2) is 5.11 Å². The molecule has 1 saturated heterocycles. The standard InChI is InChI=1S/C25H36N4OS/c1-21-5-7-22(8-6-21)19-26-25(31)29(14-4-13-28-15-17-30-18-16-28)20-23-9-11-24(12-10-23)27(2)3/h5-12H,4,13-20H2,1-3H3,(H,26,31). The molecule has 168 valence electrons. The number of rotatable bonds is 9. The minimum absolute atomic E-state index is 0.749. The minimum Gasteiger partial charge on any atom is -0.379 e. The Morgan fingerprint density at radius 2 is 1.65 bits per heavy atom. The van der Waals surface area contributed by atoms with Crippen molar-refractivity contribution in [2.75, 3.05) is 58.4 Å². The molecule has 1 heterocycles. The molecule has 1 aliphatic rings. The van der Waals surface area contributed by atoms with Gasteiger partial charge in [-0.15, -0.1) is 0 Å². The van der Waals surface area contributed by atoms with Gasteiger partial charge in [-0.2, -0.15) is 0 Å². The first-order valence-corrected chi connectivity index (χ1v) is 11.6. The first-order valence-electron chi connectivity index (χ1n) is 11.2. The largest absolute Gasteiger partial charge is 0.379 e. The number of morpholine rings is 1. The molecular formula is C25H36N4OS. The van der Waals surface area contributed by atoms with Gasteiger partial charge in [0, 0.05) is 59.1 Å². The predicted molar refractivity (Wildman–Crippen MR) is 134 cm³/mol. The zero-order valence-corrected chi connectivity index (χ0v) is 20.0. The Balaban J connectivity index is 1.58. The first kappa shape index (κ1) is 23.5. The van der Waals surface area contributed by atoms with Gasteiger partial charge in [0.1, 0.15) is 0 Å². The number of nitrogens with zero attached hydrogens (tertiary/aromatic N) is 3. The fraction of sp³-hybridized carbons (Fsp3) is 0.480. The zero-order valence-electron chi connectivity index (χ0n) is 19.1. The zero-order chi connectivity index (χ0) is 22.1. The first-order chi connectivity index (χ1) is 15.0. The summed E-state index contributed by atoms with van der Waals surface area (Å²) in [4.78, 5) is 6.91. The van der Waals surface area contributed by atoms with E-state index < -0.39 is 0 Å². The van der Waals surface area contributed by atoms with Gasteiger partial charge < -0.3 is 19.9 Å². The fourth-order valence-electron chi connectivity index (χ4n) is 3.68. The quantitative estimate of drug-likeness (QED) is 0.599. The number of anilines is 1. The molecule has 0 unspecified atom stereocenters. The molecule has 0 atom stereocenters. The highest BCUT2D eigenvalue weighted by atomic mass is 32.1. The Kier molecular flexibility index (Phi) is 9.13. The molecule has 0 aromatic heterocycles. The Hall–Kier alpha value is -2.15. The lowest BCUT2D eigenvalue weighted by molar-refractivity contribution is 0.0367. The van der Waals surface area contributed by atoms with Crippen molar-refractivity contribution in [3.8, 4) is 0 Å². The van der Waals surface area contributed by atoms with E-state index in [1.165, 1.54) is 22.4 Å². The van der Waals surface area contributed by atoms with Gasteiger partial charge in [-0.1, -0.05) is 42.0 Å². The summed E-state index contributed by atoms with van der Waals surface area (Å²) in [5, 5.41) is 4.29. The molecular weight excluding hydrogens is 404 g/mol. The maximum Gasteiger partial charge on any atom is 0.169 e. The summed E-state index contributed by atoms with van der Waals surface area (Å²) in [6.07, 6.45) is 1.09. The molecule has 3 rings (SSSR count). The maximum absolute atomic E-state index is 5.81. The van der Waals surface area contributed by atoms with Crippen molar-refractivity contribution in [3.63, 3.8) is 0 Å². The van der Waals surface area contributed by atoms with Crippen LogP contribution in [0, 0.1) is 6.92 Å². The predicted octanol–water partition coefficient (Wildman–Crippen LogP) is 3.66. The van der Waals surface area contributed by atoms with Crippen LogP contribution >= 0.6 is 12.2 Å². The van der Waals surface area contributed by atoms with Crippen LogP contribution in [-0.2, 0) is 17.8 Å². The summed E-state index contributed by atoms with van der Waals surface area (Å²) in [5.41, 5.74) is 5.01. The van der Waals surface area contributed by atoms with Gasteiger partial charge in [-0.05, 0) is 48.8 Å². The van der Waals surface area contributed by atoms with Crippen LogP contribution in [0.1, 0.15) is 23.1 Å². The lowest BCUT2D eigenvalue weighted by Crippen LogP contribution is -2.42. The van der Waals surface area contributed by atoms with Crippen molar-refractivity contribution in [1.82, 2.24) is 15.1 Å². The average Bonchev–Trinajstić information content (AvgIpc) is 2.79. The van der Waals surface area contributed by atoms with Gasteiger partial charge in [0.25, 0.3) is 0 Å². The lowest BCUT2D eigenvalue weighted by Gasteiger charge is -2.30. The molecule has 2 aromatic rings. The Labute approximate surface area is 193 Å². The Morgan fingerprint density at radius 3 is 2.29 bits per heavy atom. The van der Waals surface area contributed by atoms with Crippen LogP contribution in [0.4, 0.5) is 5.69 Å². The maximum atomic E-state index is 5.81. The van der Waals surface area contributed by atoms with Crippen LogP contribution < -0.4 is 10.2 Å². The third kappa shape index (κ3) is 7.80. The van der Waals surface area contributed by atoms with Crippen molar-refractivity contribution >= 4 is 23.0 Å². The highest BCUT2D eigenvalue weighted by Gasteiger charge is 2.14. The van der Waals surface area contributed by atoms with Crippen LogP contribution in [-0.4, -0.2) is 68.4 Å². The molecule has 0 spiro atoms. The van der Waals surface area contributed by atoms with Gasteiger partial charge in [-0.25, -0.2) is 0 Å². The number of hydrogen-bond donors (Lipinski definition) is 1. The smallest absolute Gasteiger partial charge is 0.169 e. The second-order valence-corrected chi connectivity index (χ2v) is 8.82. The van der Waals surface area contributed by atoms with Crippen molar-refractivity contribution in [2.24, 2.45) is 0 Å². The monoisotopic (exact) mass is 440 g/mol. The van der Waals surface area contributed by atoms with Crippen LogP contribution in [0.15, 0.2) is 48.5 Å². The van der Waals surface area contributed by atoms with Crippen molar-refractivity contribution in [1.29, 1.82) is 0 Å². The third-order valence-electron chi connectivity index (χ3n) is 5.68. The molecule has 0 amide bonds. The van der Waals surface area contributed by atoms with E-state index in [4.69, 9.17) is 17.0 Å². The van der Waals surface area contributed by atoms with E-state index in [2.05, 4.69) is 89.6 Å². The fourth-order valence-corrected chi connectivity index (χ4v) is 3.91. The van der Waals surface area contributed by atoms with Crippen LogP contribution in [0.25, 0.3) is 0 Å². The summed E-state index contributed by atoms with van der Waals surface area (Å²) in [7, 11) is 4.13. The SMILES string of the molecule is Cc1ccc(CNC(=S)N(CCCN2CCOCC2)Cc2ccc(N(C)C)cc2)cc1. The topological polar surface area (TPSA) is 31.0 Å². The molecule has 1 fully saturated rings. The molecule has 0 aliphatic carbocycles. The molecule has 6 heteroatoms. The van der Waals surface area contributed by atoms with E-state index in [1.54, 1.807) is 0 Å². The number of ether oxygens (including phenoxy) is 1. The number of benzene rings is 2. The van der Waals surface area contributed by atoms with E-state index >= 15 is 0 Å². The number of hydrogen-bond acceptors (Lipinski definition) is 4. The summed E-state index contributed by atoms with van der Waals surface area (Å²) in [6.45, 7) is 9.45. The van der Waals surface area contributed by atoms with Gasteiger partial charge in [-0.3, -0.25) is 4.90 Å². The van der Waals surface area contributed by atoms with E-state index in [-0.39, 0.29) is 0 Å². The molecule has 0 radical (unpaired) electrons. The molecule has 2 aromatic carbocycles. The second-order valence-electron chi connectivity index (χ2n) is 8.43. The van der Waals surface area contributed by atoms with Gasteiger partial charge in [0.05, 0.1) is 13.2 Å². The summed E-state index contributed by atoms with van der Waals surface area (Å²) in [6, 6.07) is 17.4. The summed E-state index contributed by atoms with van der Waals surface area (Å²) in [5.74, 6) is 0. The third-order valence-corrected chi connectivity index (χ3v) is 6.09. The van der Waals surface area contributed by atoms with E-state index in [0.29, 0.717) is 0 Å². The van der Waals surface area contributed by atoms with Gasteiger partial charge in [0.2, 0.25) is 0 Å². The van der Waals surface area contributed by atoms with Gasteiger partial charge >= 0.3 is 0 Å². The van der Waals surface area contributed by atoms with E-state index in [1.807, 2.05) is 0 Å². The molecule has 1 N–H and O–H groups in total. The molecule has 1 aliphatic heterocycles. The van der Waals surface area contributed by atoms with Crippen molar-refractivity contribution in [2.45, 2.75) is 26.4 Å². The van der Waals surface area contributed by atoms with Crippen LogP contribution in [0.2, 0.25) is 0 Å². The van der Waals surface area contributed by atoms with Crippen molar-refractivity contribution < 1.29 is 4.74 Å². The van der Waals surface area contributed by atoms with Crippen molar-refractivity contribution in [3.05, 3.63) is 65.2 Å². The normalized spacial score (nSPS) is 14.3. The average molecular weight is 441 g/mol. The Bertz CT molecular complexity index is 801. The number of nitrogens with one attached hydrogen (secondary N) is 1. The van der Waals surface area contributed by atoms with E-state index in [0.717, 1.165) is 64.0 Å². The minimum atomic E-state index is 0.749. The Morgan fingerprint density at radius 1 is 1.00 bits per heavy atom. The highest BCUT2D eigenvalue weighted by molar-refractivity contribution is 7.80. The van der Waals surface area contributed by atoms with Crippen LogP contribution in [0.3, 0.4) is 0 Å². The summed E-state index contributed by atoms with van der Waals surface area (Å²) >= 11 is 5.81. The summed E-state index contributed by atoms with van der Waals surface area (Å²) < 4.78 is 5.47. The van der Waals surface area contributed by atoms with Crippen LogP contribution in [0.5, 0.6) is 0 Å². The molecule has 0 bridgehead atoms.